The van der Waals surface area contributed by atoms with Crippen LogP contribution in [-0.4, -0.2) is 30.7 Å². The first-order valence-electron chi connectivity index (χ1n) is 11.6. The molecule has 1 amide bonds. The first kappa shape index (κ1) is 25.9. The number of nitrogens with two attached hydrogens (primary N) is 1. The highest BCUT2D eigenvalue weighted by Gasteiger charge is 2.40. The van der Waals surface area contributed by atoms with E-state index >= 15 is 0 Å². The fraction of sp³-hybridized carbons (Fsp3) is 0.222. The summed E-state index contributed by atoms with van der Waals surface area (Å²) < 4.78 is 46.0. The first-order valence-corrected chi connectivity index (χ1v) is 11.6. The highest BCUT2D eigenvalue weighted by atomic mass is 19.4. The molecule has 0 spiro atoms. The average molecular weight is 512 g/mol. The van der Waals surface area contributed by atoms with Crippen LogP contribution in [0.3, 0.4) is 0 Å². The number of hydrogen-bond acceptors (Lipinski definition) is 4. The second-order valence-electron chi connectivity index (χ2n) is 8.58. The van der Waals surface area contributed by atoms with Crippen LogP contribution in [0.15, 0.2) is 83.9 Å². The molecule has 10 heteroatoms. The summed E-state index contributed by atoms with van der Waals surface area (Å²) in [6.45, 7) is 1.83. The lowest BCUT2D eigenvalue weighted by Crippen LogP contribution is -2.76. The number of aliphatic imine (C=N–C) groups is 1. The molecule has 3 aromatic rings. The normalized spacial score (nSPS) is 17.7. The maximum Gasteiger partial charge on any atom is 0.573 e. The van der Waals surface area contributed by atoms with E-state index in [1.165, 1.54) is 30.6 Å². The van der Waals surface area contributed by atoms with Crippen LogP contribution in [-0.2, 0) is 4.74 Å². The number of benzene rings is 3. The molecule has 1 saturated carbocycles. The SMILES string of the molecule is CC(OC(=O)NC1CC1c1ccc(C(=N)N=C[NH2+]c2ccc(OC(F)(F)F)cc2)cc1)c1ccccc1. The highest BCUT2D eigenvalue weighted by Crippen LogP contribution is 2.41. The van der Waals surface area contributed by atoms with E-state index in [9.17, 15) is 18.0 Å². The highest BCUT2D eigenvalue weighted by molar-refractivity contribution is 5.99. The summed E-state index contributed by atoms with van der Waals surface area (Å²) in [6.07, 6.45) is -3.30. The van der Waals surface area contributed by atoms with E-state index in [2.05, 4.69) is 15.0 Å². The van der Waals surface area contributed by atoms with E-state index in [1.807, 2.05) is 49.4 Å². The van der Waals surface area contributed by atoms with Crippen molar-refractivity contribution in [1.82, 2.24) is 5.32 Å². The Morgan fingerprint density at radius 2 is 1.76 bits per heavy atom. The quantitative estimate of drug-likeness (QED) is 0.221. The van der Waals surface area contributed by atoms with Crippen LogP contribution in [0.1, 0.15) is 42.1 Å². The summed E-state index contributed by atoms with van der Waals surface area (Å²) in [4.78, 5) is 16.3. The number of ether oxygens (including phenoxy) is 2. The molecular weight excluding hydrogens is 485 g/mol. The van der Waals surface area contributed by atoms with Gasteiger partial charge in [0.2, 0.25) is 0 Å². The van der Waals surface area contributed by atoms with Crippen LogP contribution < -0.4 is 15.4 Å². The van der Waals surface area contributed by atoms with Crippen molar-refractivity contribution in [3.05, 3.63) is 95.6 Å². The molecule has 192 valence electrons. The number of carbonyl (C=O) groups excluding carboxylic acids is 1. The van der Waals surface area contributed by atoms with Crippen LogP contribution in [0.4, 0.5) is 23.7 Å². The molecule has 1 fully saturated rings. The summed E-state index contributed by atoms with van der Waals surface area (Å²) in [5.41, 5.74) is 3.21. The molecule has 0 saturated heterocycles. The Labute approximate surface area is 211 Å². The van der Waals surface area contributed by atoms with E-state index in [1.54, 1.807) is 17.4 Å². The molecule has 7 nitrogen and oxygen atoms in total. The van der Waals surface area contributed by atoms with Gasteiger partial charge in [-0.3, -0.25) is 10.7 Å². The molecule has 0 bridgehead atoms. The van der Waals surface area contributed by atoms with Gasteiger partial charge in [0, 0.05) is 29.7 Å². The lowest BCUT2D eigenvalue weighted by Gasteiger charge is -2.14. The molecule has 1 aliphatic rings. The third kappa shape index (κ3) is 7.65. The van der Waals surface area contributed by atoms with Crippen molar-refractivity contribution < 1.29 is 32.8 Å². The van der Waals surface area contributed by atoms with E-state index < -0.39 is 12.5 Å². The van der Waals surface area contributed by atoms with Crippen molar-refractivity contribution in [3.63, 3.8) is 0 Å². The van der Waals surface area contributed by atoms with Crippen molar-refractivity contribution in [2.75, 3.05) is 0 Å². The van der Waals surface area contributed by atoms with Crippen LogP contribution in [0.25, 0.3) is 0 Å². The number of nitrogens with one attached hydrogen (secondary N) is 2. The Morgan fingerprint density at radius 3 is 2.41 bits per heavy atom. The van der Waals surface area contributed by atoms with Gasteiger partial charge in [-0.15, -0.1) is 13.2 Å². The molecule has 4 rings (SSSR count). The molecule has 0 radical (unpaired) electrons. The summed E-state index contributed by atoms with van der Waals surface area (Å²) in [5, 5.41) is 12.6. The van der Waals surface area contributed by atoms with Gasteiger partial charge in [0.25, 0.3) is 0 Å². The van der Waals surface area contributed by atoms with Crippen LogP contribution >= 0.6 is 0 Å². The molecule has 1 aliphatic carbocycles. The van der Waals surface area contributed by atoms with E-state index in [0.717, 1.165) is 17.5 Å². The minimum atomic E-state index is -4.73. The van der Waals surface area contributed by atoms with Crippen LogP contribution in [0.2, 0.25) is 0 Å². The molecule has 4 N–H and O–H groups in total. The molecular formula is C27H26F3N4O3+. The number of rotatable bonds is 8. The summed E-state index contributed by atoms with van der Waals surface area (Å²) in [7, 11) is 0. The number of hydrogen-bond donors (Lipinski definition) is 3. The number of carbonyl (C=O) groups is 1. The standard InChI is InChI=1S/C27H25F3N4O3/c1-17(18-5-3-2-4-6-18)36-26(35)34-24-15-23(24)19-7-9-20(10-8-19)25(31)33-16-32-21-11-13-22(14-12-21)37-27(28,29)30/h2-14,16-17,23-24H,15H2,1H3,(H,34,35)(H2,31,32,33)/p+1. The van der Waals surface area contributed by atoms with Crippen molar-refractivity contribution in [2.24, 2.45) is 4.99 Å². The Hall–Kier alpha value is -4.18. The minimum Gasteiger partial charge on any atom is -0.442 e. The number of amides is 1. The topological polar surface area (TPSA) is 100 Å². The van der Waals surface area contributed by atoms with Gasteiger partial charge in [-0.1, -0.05) is 54.6 Å². The Balaban J connectivity index is 1.23. The fourth-order valence-corrected chi connectivity index (χ4v) is 3.80. The molecule has 3 aromatic carbocycles. The van der Waals surface area contributed by atoms with Crippen molar-refractivity contribution in [2.45, 2.75) is 37.8 Å². The zero-order chi connectivity index (χ0) is 26.4. The van der Waals surface area contributed by atoms with E-state index in [0.29, 0.717) is 11.3 Å². The van der Waals surface area contributed by atoms with Crippen molar-refractivity contribution in [3.8, 4) is 5.75 Å². The predicted molar refractivity (Wildman–Crippen MR) is 132 cm³/mol. The van der Waals surface area contributed by atoms with Gasteiger partial charge >= 0.3 is 12.5 Å². The predicted octanol–water partition coefficient (Wildman–Crippen LogP) is 5.18. The number of alkyl carbamates (subject to hydrolysis) is 1. The Kier molecular flexibility index (Phi) is 7.88. The first-order chi connectivity index (χ1) is 17.7. The van der Waals surface area contributed by atoms with Gasteiger partial charge in [0.1, 0.15) is 17.5 Å². The molecule has 0 aromatic heterocycles. The number of nitrogens with zero attached hydrogens (tertiary/aromatic N) is 1. The van der Waals surface area contributed by atoms with Gasteiger partial charge < -0.3 is 14.8 Å². The largest absolute Gasteiger partial charge is 0.573 e. The zero-order valence-electron chi connectivity index (χ0n) is 19.9. The number of quaternary nitrogens is 1. The number of amidine groups is 1. The monoisotopic (exact) mass is 511 g/mol. The lowest BCUT2D eigenvalue weighted by molar-refractivity contribution is -0.432. The fourth-order valence-electron chi connectivity index (χ4n) is 3.80. The van der Waals surface area contributed by atoms with Crippen LogP contribution in [0, 0.1) is 5.41 Å². The maximum absolute atomic E-state index is 12.2. The smallest absolute Gasteiger partial charge is 0.442 e. The van der Waals surface area contributed by atoms with Gasteiger partial charge in [0.15, 0.2) is 12.2 Å². The summed E-state index contributed by atoms with van der Waals surface area (Å²) in [6, 6.07) is 22.3. The molecule has 0 heterocycles. The molecule has 3 atom stereocenters. The number of alkyl halides is 3. The van der Waals surface area contributed by atoms with E-state index in [-0.39, 0.29) is 29.6 Å². The molecule has 0 aliphatic heterocycles. The van der Waals surface area contributed by atoms with Gasteiger partial charge in [-0.05, 0) is 36.6 Å². The minimum absolute atomic E-state index is 0.00122. The van der Waals surface area contributed by atoms with Gasteiger partial charge in [-0.2, -0.15) is 4.99 Å². The molecule has 3 unspecified atom stereocenters. The van der Waals surface area contributed by atoms with E-state index in [4.69, 9.17) is 10.1 Å². The zero-order valence-corrected chi connectivity index (χ0v) is 19.9. The van der Waals surface area contributed by atoms with Gasteiger partial charge in [-0.25, -0.2) is 4.79 Å². The van der Waals surface area contributed by atoms with Crippen LogP contribution in [0.5, 0.6) is 5.75 Å². The summed E-state index contributed by atoms with van der Waals surface area (Å²) >= 11 is 0. The maximum atomic E-state index is 12.2. The molecule has 37 heavy (non-hydrogen) atoms. The second-order valence-corrected chi connectivity index (χ2v) is 8.58. The van der Waals surface area contributed by atoms with Crippen molar-refractivity contribution in [1.29, 1.82) is 5.41 Å². The van der Waals surface area contributed by atoms with Gasteiger partial charge in [0.05, 0.1) is 0 Å². The van der Waals surface area contributed by atoms with Crippen molar-refractivity contribution >= 4 is 24.0 Å². The Morgan fingerprint density at radius 1 is 1.08 bits per heavy atom. The third-order valence-corrected chi connectivity index (χ3v) is 5.84. The third-order valence-electron chi connectivity index (χ3n) is 5.84. The number of halogens is 3. The lowest BCUT2D eigenvalue weighted by atomic mass is 10.1. The summed E-state index contributed by atoms with van der Waals surface area (Å²) in [5.74, 6) is -0.0751. The average Bonchev–Trinajstić information content (AvgIpc) is 3.63. The second kappa shape index (κ2) is 11.3. The Bertz CT molecular complexity index is 1250.